The van der Waals surface area contributed by atoms with Crippen molar-refractivity contribution in [3.05, 3.63) is 24.3 Å². The number of benzene rings is 1. The summed E-state index contributed by atoms with van der Waals surface area (Å²) in [5.41, 5.74) is 6.57. The molecule has 1 amide bonds. The van der Waals surface area contributed by atoms with Crippen molar-refractivity contribution in [1.29, 1.82) is 0 Å². The first-order chi connectivity index (χ1) is 9.63. The maximum absolute atomic E-state index is 12.0. The number of rotatable bonds is 7. The molecule has 1 saturated carbocycles. The van der Waals surface area contributed by atoms with Gasteiger partial charge >= 0.3 is 0 Å². The Morgan fingerprint density at radius 3 is 2.60 bits per heavy atom. The third-order valence-corrected chi connectivity index (χ3v) is 3.74. The van der Waals surface area contributed by atoms with Crippen molar-refractivity contribution in [2.24, 2.45) is 11.7 Å². The molecule has 0 radical (unpaired) electrons. The zero-order valence-electron chi connectivity index (χ0n) is 12.1. The summed E-state index contributed by atoms with van der Waals surface area (Å²) in [5, 5.41) is 2.89. The van der Waals surface area contributed by atoms with Gasteiger partial charge in [0.15, 0.2) is 0 Å². The lowest BCUT2D eigenvalue weighted by Gasteiger charge is -2.26. The first-order valence-corrected chi connectivity index (χ1v) is 6.98. The second-order valence-electron chi connectivity index (χ2n) is 5.33. The van der Waals surface area contributed by atoms with Gasteiger partial charge in [-0.25, -0.2) is 0 Å². The number of nitrogens with zero attached hydrogens (tertiary/aromatic N) is 1. The summed E-state index contributed by atoms with van der Waals surface area (Å²) in [5.74, 6) is 1.42. The third kappa shape index (κ3) is 3.95. The minimum Gasteiger partial charge on any atom is -0.497 e. The van der Waals surface area contributed by atoms with Crippen LogP contribution in [0.25, 0.3) is 0 Å². The number of methoxy groups -OCH3 is 1. The van der Waals surface area contributed by atoms with Crippen molar-refractivity contribution in [2.45, 2.75) is 18.9 Å². The molecule has 3 N–H and O–H groups in total. The molecule has 5 nitrogen and oxygen atoms in total. The summed E-state index contributed by atoms with van der Waals surface area (Å²) in [4.78, 5) is 14.1. The summed E-state index contributed by atoms with van der Waals surface area (Å²) < 4.78 is 5.08. The lowest BCUT2D eigenvalue weighted by atomic mass is 10.1. The number of carbonyl (C=O) groups is 1. The minimum atomic E-state index is -0.0169. The molecule has 0 saturated heterocycles. The lowest BCUT2D eigenvalue weighted by molar-refractivity contribution is -0.117. The highest BCUT2D eigenvalue weighted by Gasteiger charge is 2.33. The third-order valence-electron chi connectivity index (χ3n) is 3.74. The average Bonchev–Trinajstić information content (AvgIpc) is 3.25. The Morgan fingerprint density at radius 1 is 1.45 bits per heavy atom. The Kier molecular flexibility index (Phi) is 4.98. The van der Waals surface area contributed by atoms with Crippen molar-refractivity contribution in [1.82, 2.24) is 4.90 Å². The van der Waals surface area contributed by atoms with Crippen LogP contribution in [0.3, 0.4) is 0 Å². The van der Waals surface area contributed by atoms with E-state index < -0.39 is 0 Å². The fourth-order valence-corrected chi connectivity index (χ4v) is 2.43. The van der Waals surface area contributed by atoms with Crippen LogP contribution in [0.2, 0.25) is 0 Å². The smallest absolute Gasteiger partial charge is 0.238 e. The van der Waals surface area contributed by atoms with Crippen LogP contribution < -0.4 is 15.8 Å². The van der Waals surface area contributed by atoms with E-state index in [1.807, 2.05) is 31.3 Å². The maximum atomic E-state index is 12.0. The van der Waals surface area contributed by atoms with Crippen LogP contribution in [-0.4, -0.2) is 44.1 Å². The molecular weight excluding hydrogens is 254 g/mol. The molecule has 0 heterocycles. The maximum Gasteiger partial charge on any atom is 0.238 e. The largest absolute Gasteiger partial charge is 0.497 e. The number of carbonyl (C=O) groups excluding carboxylic acids is 1. The second-order valence-corrected chi connectivity index (χ2v) is 5.33. The normalized spacial score (nSPS) is 16.0. The van der Waals surface area contributed by atoms with E-state index in [0.717, 1.165) is 11.4 Å². The molecule has 110 valence electrons. The number of likely N-dealkylation sites (N-methyl/N-ethyl adjacent to an activating group) is 1. The molecule has 1 unspecified atom stereocenters. The Labute approximate surface area is 120 Å². The molecule has 1 aliphatic rings. The van der Waals surface area contributed by atoms with Gasteiger partial charge in [-0.1, -0.05) is 0 Å². The molecule has 2 rings (SSSR count). The molecule has 1 aromatic rings. The zero-order chi connectivity index (χ0) is 14.5. The number of hydrogen-bond acceptors (Lipinski definition) is 4. The van der Waals surface area contributed by atoms with E-state index >= 15 is 0 Å². The van der Waals surface area contributed by atoms with Gasteiger partial charge in [-0.15, -0.1) is 0 Å². The summed E-state index contributed by atoms with van der Waals surface area (Å²) in [7, 11) is 3.58. The first-order valence-electron chi connectivity index (χ1n) is 6.98. The predicted octanol–water partition coefficient (Wildman–Crippen LogP) is 1.30. The lowest BCUT2D eigenvalue weighted by Crippen LogP contribution is -2.43. The highest BCUT2D eigenvalue weighted by molar-refractivity contribution is 5.92. The van der Waals surface area contributed by atoms with Crippen LogP contribution in [0.4, 0.5) is 5.69 Å². The molecule has 0 aromatic heterocycles. The average molecular weight is 277 g/mol. The molecule has 20 heavy (non-hydrogen) atoms. The fourth-order valence-electron chi connectivity index (χ4n) is 2.43. The zero-order valence-corrected chi connectivity index (χ0v) is 12.1. The second kappa shape index (κ2) is 6.72. The number of amides is 1. The SMILES string of the molecule is COc1ccc(NC(=O)CN(C)C(CN)C2CC2)cc1. The molecule has 1 aliphatic carbocycles. The van der Waals surface area contributed by atoms with Gasteiger partial charge in [0.2, 0.25) is 5.91 Å². The van der Waals surface area contributed by atoms with E-state index in [-0.39, 0.29) is 5.91 Å². The molecule has 0 bridgehead atoms. The fraction of sp³-hybridized carbons (Fsp3) is 0.533. The molecule has 1 fully saturated rings. The Hall–Kier alpha value is -1.59. The Bertz CT molecular complexity index is 443. The number of ether oxygens (including phenoxy) is 1. The number of nitrogens with one attached hydrogen (secondary N) is 1. The van der Waals surface area contributed by atoms with Crippen LogP contribution in [0.5, 0.6) is 5.75 Å². The van der Waals surface area contributed by atoms with E-state index in [1.54, 1.807) is 7.11 Å². The van der Waals surface area contributed by atoms with E-state index in [9.17, 15) is 4.79 Å². The summed E-state index contributed by atoms with van der Waals surface area (Å²) in [6.45, 7) is 0.974. The standard InChI is InChI=1S/C15H23N3O2/c1-18(14(9-16)11-3-4-11)10-15(19)17-12-5-7-13(20-2)8-6-12/h5-8,11,14H,3-4,9-10,16H2,1-2H3,(H,17,19). The summed E-state index contributed by atoms with van der Waals surface area (Å²) in [6, 6.07) is 7.63. The molecule has 1 aromatic carbocycles. The topological polar surface area (TPSA) is 67.6 Å². The predicted molar refractivity (Wildman–Crippen MR) is 79.8 cm³/mol. The Balaban J connectivity index is 1.84. The van der Waals surface area contributed by atoms with E-state index in [4.69, 9.17) is 10.5 Å². The minimum absolute atomic E-state index is 0.0169. The van der Waals surface area contributed by atoms with Crippen molar-refractivity contribution < 1.29 is 9.53 Å². The van der Waals surface area contributed by atoms with Crippen LogP contribution >= 0.6 is 0 Å². The van der Waals surface area contributed by atoms with Gasteiger partial charge in [0.1, 0.15) is 5.75 Å². The van der Waals surface area contributed by atoms with Gasteiger partial charge in [0, 0.05) is 18.3 Å². The van der Waals surface area contributed by atoms with Crippen molar-refractivity contribution >= 4 is 11.6 Å². The van der Waals surface area contributed by atoms with Crippen LogP contribution in [0, 0.1) is 5.92 Å². The molecule has 1 atom stereocenters. The van der Waals surface area contributed by atoms with E-state index in [2.05, 4.69) is 10.2 Å². The number of nitrogens with two attached hydrogens (primary N) is 1. The molecular formula is C15H23N3O2. The Morgan fingerprint density at radius 2 is 2.10 bits per heavy atom. The van der Waals surface area contributed by atoms with Crippen LogP contribution in [0.15, 0.2) is 24.3 Å². The van der Waals surface area contributed by atoms with Crippen molar-refractivity contribution in [2.75, 3.05) is 32.6 Å². The summed E-state index contributed by atoms with van der Waals surface area (Å²) in [6.07, 6.45) is 2.46. The van der Waals surface area contributed by atoms with Crippen molar-refractivity contribution in [3.8, 4) is 5.75 Å². The first kappa shape index (κ1) is 14.8. The highest BCUT2D eigenvalue weighted by Crippen LogP contribution is 2.34. The van der Waals surface area contributed by atoms with Gasteiger partial charge in [-0.05, 0) is 50.1 Å². The van der Waals surface area contributed by atoms with E-state index in [0.29, 0.717) is 25.0 Å². The van der Waals surface area contributed by atoms with Crippen LogP contribution in [0.1, 0.15) is 12.8 Å². The molecule has 0 spiro atoms. The molecule has 0 aliphatic heterocycles. The van der Waals surface area contributed by atoms with Gasteiger partial charge in [-0.3, -0.25) is 9.69 Å². The van der Waals surface area contributed by atoms with Crippen molar-refractivity contribution in [3.63, 3.8) is 0 Å². The van der Waals surface area contributed by atoms with Gasteiger partial charge in [0.25, 0.3) is 0 Å². The van der Waals surface area contributed by atoms with Gasteiger partial charge < -0.3 is 15.8 Å². The van der Waals surface area contributed by atoms with Gasteiger partial charge in [0.05, 0.1) is 13.7 Å². The number of anilines is 1. The summed E-state index contributed by atoms with van der Waals surface area (Å²) >= 11 is 0. The van der Waals surface area contributed by atoms with Gasteiger partial charge in [-0.2, -0.15) is 0 Å². The quantitative estimate of drug-likeness (QED) is 0.788. The van der Waals surface area contributed by atoms with E-state index in [1.165, 1.54) is 12.8 Å². The van der Waals surface area contributed by atoms with Crippen LogP contribution in [-0.2, 0) is 4.79 Å². The highest BCUT2D eigenvalue weighted by atomic mass is 16.5. The molecule has 5 heteroatoms. The number of hydrogen-bond donors (Lipinski definition) is 2. The monoisotopic (exact) mass is 277 g/mol.